The van der Waals surface area contributed by atoms with E-state index in [0.29, 0.717) is 0 Å². The van der Waals surface area contributed by atoms with Gasteiger partial charge < -0.3 is 19.1 Å². The van der Waals surface area contributed by atoms with E-state index in [1.807, 2.05) is 30.5 Å². The largest absolute Gasteiger partial charge is 3.00 e. The molecule has 0 unspecified atom stereocenters. The predicted octanol–water partition coefficient (Wildman–Crippen LogP) is 6.69. The summed E-state index contributed by atoms with van der Waals surface area (Å²) in [6, 6.07) is 43.1. The van der Waals surface area contributed by atoms with Gasteiger partial charge in [-0.15, -0.1) is 36.6 Å². The van der Waals surface area contributed by atoms with Gasteiger partial charge in [-0.05, 0) is 48.9 Å². The summed E-state index contributed by atoms with van der Waals surface area (Å²) >= 11 is 0. The van der Waals surface area contributed by atoms with E-state index >= 15 is 0 Å². The van der Waals surface area contributed by atoms with Gasteiger partial charge in [-0.25, -0.2) is 0 Å². The third-order valence-electron chi connectivity index (χ3n) is 9.75. The normalized spacial score (nSPS) is 14.7. The molecule has 0 aliphatic carbocycles. The summed E-state index contributed by atoms with van der Waals surface area (Å²) in [5.41, 5.74) is 11.2. The number of hydrogen-bond acceptors (Lipinski definition) is 4. The van der Waals surface area contributed by atoms with Crippen LogP contribution in [0, 0.1) is 32.6 Å². The molecule has 0 bridgehead atoms. The molecule has 8 heteroatoms. The van der Waals surface area contributed by atoms with E-state index in [0.717, 1.165) is 17.1 Å². The molecule has 4 heterocycles. The summed E-state index contributed by atoms with van der Waals surface area (Å²) in [4.78, 5) is 11.5. The number of para-hydroxylation sites is 3. The van der Waals surface area contributed by atoms with Crippen LogP contribution in [0.5, 0.6) is 0 Å². The van der Waals surface area contributed by atoms with Crippen LogP contribution in [-0.2, 0) is 20.1 Å². The zero-order valence-electron chi connectivity index (χ0n) is 27.2. The van der Waals surface area contributed by atoms with E-state index in [4.69, 9.17) is 0 Å². The van der Waals surface area contributed by atoms with Gasteiger partial charge >= 0.3 is 27.1 Å². The molecule has 0 saturated carbocycles. The molecule has 6 aromatic rings. The second kappa shape index (κ2) is 12.0. The van der Waals surface area contributed by atoms with Crippen molar-refractivity contribution in [3.8, 4) is 11.4 Å². The predicted molar refractivity (Wildman–Crippen MR) is 195 cm³/mol. The molecule has 5 aromatic carbocycles. The van der Waals surface area contributed by atoms with Crippen LogP contribution in [-0.4, -0.2) is 31.6 Å². The van der Waals surface area contributed by atoms with Gasteiger partial charge in [0.25, 0.3) is 0 Å². The summed E-state index contributed by atoms with van der Waals surface area (Å²) in [5.74, 6) is 0.987. The minimum Gasteiger partial charge on any atom is -0.493 e. The summed E-state index contributed by atoms with van der Waals surface area (Å²) in [6.45, 7) is 11.6. The quantitative estimate of drug-likeness (QED) is 0.144. The van der Waals surface area contributed by atoms with Crippen molar-refractivity contribution < 1.29 is 20.1 Å². The standard InChI is InChI=1S/C21H18N2Si.C18H17BN3.Ir/c1-24(2)19-13-7-6-11-17(19)23-15-22(16-9-4-3-5-10-16)18-12-8-14-20(24)21(18)23;1-13-7-6-8-14(2)17(13)19-21(3)16-10-5-4-9-15(16)18-20-11-12-22(18)19;/h3-9,11-15H,1-2H3;4-8,10-12H,1-3H3;/q-2;-1;+3. The first-order chi connectivity index (χ1) is 22.4. The van der Waals surface area contributed by atoms with E-state index in [1.165, 1.54) is 49.7 Å². The van der Waals surface area contributed by atoms with Crippen molar-refractivity contribution in [2.75, 3.05) is 21.7 Å². The van der Waals surface area contributed by atoms with E-state index in [2.05, 4.69) is 162 Å². The fourth-order valence-electron chi connectivity index (χ4n) is 7.48. The Morgan fingerprint density at radius 1 is 0.723 bits per heavy atom. The van der Waals surface area contributed by atoms with Crippen LogP contribution in [0.15, 0.2) is 116 Å². The Balaban J connectivity index is 0.000000147. The second-order valence-electron chi connectivity index (χ2n) is 12.8. The van der Waals surface area contributed by atoms with Gasteiger partial charge in [-0.1, -0.05) is 84.0 Å². The maximum atomic E-state index is 4.57. The Kier molecular flexibility index (Phi) is 7.99. The Hall–Kier alpha value is -4.36. The van der Waals surface area contributed by atoms with Gasteiger partial charge in [0.1, 0.15) is 8.07 Å². The average molecular weight is 805 g/mol. The molecule has 0 atom stereocenters. The van der Waals surface area contributed by atoms with Crippen LogP contribution in [0.2, 0.25) is 13.1 Å². The minimum atomic E-state index is -1.69. The number of aryl methyl sites for hydroxylation is 2. The number of anilines is 5. The summed E-state index contributed by atoms with van der Waals surface area (Å²) in [6.07, 6.45) is 3.94. The number of fused-ring (bicyclic) bond motifs is 5. The zero-order chi connectivity index (χ0) is 31.6. The van der Waals surface area contributed by atoms with Crippen molar-refractivity contribution in [3.05, 3.63) is 145 Å². The Morgan fingerprint density at radius 3 is 2.19 bits per heavy atom. The molecular weight excluding hydrogens is 770 g/mol. The van der Waals surface area contributed by atoms with Crippen LogP contribution in [0.1, 0.15) is 11.1 Å². The molecular formula is C39H35BIrN5Si. The zero-order valence-corrected chi connectivity index (χ0v) is 30.6. The van der Waals surface area contributed by atoms with Crippen molar-refractivity contribution in [2.45, 2.75) is 26.9 Å². The molecule has 0 radical (unpaired) electrons. The van der Waals surface area contributed by atoms with Crippen molar-refractivity contribution in [1.82, 2.24) is 9.46 Å². The number of nitrogens with zero attached hydrogens (tertiary/aromatic N) is 5. The second-order valence-corrected chi connectivity index (χ2v) is 17.1. The molecule has 9 rings (SSSR count). The fourth-order valence-corrected chi connectivity index (χ4v) is 10.5. The van der Waals surface area contributed by atoms with Crippen molar-refractivity contribution in [3.63, 3.8) is 0 Å². The first kappa shape index (κ1) is 31.3. The average Bonchev–Trinajstić information content (AvgIpc) is 3.72. The third kappa shape index (κ3) is 4.89. The van der Waals surface area contributed by atoms with E-state index in [9.17, 15) is 0 Å². The van der Waals surface area contributed by atoms with Gasteiger partial charge in [0.15, 0.2) is 0 Å². The minimum absolute atomic E-state index is 0. The maximum Gasteiger partial charge on any atom is 3.00 e. The molecule has 5 nitrogen and oxygen atoms in total. The Bertz CT molecular complexity index is 2070. The molecule has 3 aliphatic rings. The summed E-state index contributed by atoms with van der Waals surface area (Å²) in [7, 11) is 0.451. The SMILES string of the molecule is C[Si]1(C)c2ccccc2N2[CH-]N(c3[c-]cccc3)c3cccc1c32.Cc1cccc(C)c1B1N(C)c2ccc[c-]c2-c2nccn21.[Ir+3]. The van der Waals surface area contributed by atoms with E-state index in [-0.39, 0.29) is 27.1 Å². The third-order valence-corrected chi connectivity index (χ3v) is 13.3. The molecule has 0 amide bonds. The first-order valence-corrected chi connectivity index (χ1v) is 18.8. The summed E-state index contributed by atoms with van der Waals surface area (Å²) in [5, 5.41) is 3.01. The van der Waals surface area contributed by atoms with E-state index in [1.54, 1.807) is 0 Å². The molecule has 47 heavy (non-hydrogen) atoms. The summed E-state index contributed by atoms with van der Waals surface area (Å²) < 4.78 is 2.24. The monoisotopic (exact) mass is 805 g/mol. The van der Waals surface area contributed by atoms with Gasteiger partial charge in [0.05, 0.1) is 0 Å². The van der Waals surface area contributed by atoms with Crippen LogP contribution < -0.4 is 30.4 Å². The number of imidazole rings is 1. The smallest absolute Gasteiger partial charge is 0.493 e. The maximum absolute atomic E-state index is 4.57. The number of hydrogen-bond donors (Lipinski definition) is 0. The van der Waals surface area contributed by atoms with E-state index < -0.39 is 8.07 Å². The van der Waals surface area contributed by atoms with Gasteiger partial charge in [0.2, 0.25) is 0 Å². The van der Waals surface area contributed by atoms with Crippen molar-refractivity contribution >= 4 is 59.3 Å². The Morgan fingerprint density at radius 2 is 1.40 bits per heavy atom. The van der Waals surface area contributed by atoms with Crippen LogP contribution >= 0.6 is 0 Å². The fraction of sp³-hybridized carbons (Fsp3) is 0.128. The van der Waals surface area contributed by atoms with Gasteiger partial charge in [-0.2, -0.15) is 30.3 Å². The van der Waals surface area contributed by atoms with Gasteiger partial charge in [-0.3, -0.25) is 4.98 Å². The molecule has 232 valence electrons. The van der Waals surface area contributed by atoms with Gasteiger partial charge in [0, 0.05) is 35.3 Å². The molecule has 0 spiro atoms. The van der Waals surface area contributed by atoms with Crippen molar-refractivity contribution in [2.24, 2.45) is 0 Å². The number of aromatic nitrogens is 2. The van der Waals surface area contributed by atoms with Crippen LogP contribution in [0.3, 0.4) is 0 Å². The molecule has 0 fully saturated rings. The first-order valence-electron chi connectivity index (χ1n) is 15.8. The Labute approximate surface area is 293 Å². The molecule has 1 aromatic heterocycles. The molecule has 0 N–H and O–H groups in total. The topological polar surface area (TPSA) is 27.5 Å². The number of benzene rings is 5. The number of rotatable bonds is 2. The van der Waals surface area contributed by atoms with Crippen molar-refractivity contribution in [1.29, 1.82) is 0 Å². The van der Waals surface area contributed by atoms with Crippen LogP contribution in [0.4, 0.5) is 28.4 Å². The van der Waals surface area contributed by atoms with Crippen LogP contribution in [0.25, 0.3) is 11.4 Å². The molecule has 3 aliphatic heterocycles. The molecule has 0 saturated heterocycles.